The van der Waals surface area contributed by atoms with Crippen LogP contribution in [0.15, 0.2) is 65.2 Å². The van der Waals surface area contributed by atoms with Gasteiger partial charge >= 0.3 is 0 Å². The van der Waals surface area contributed by atoms with E-state index in [4.69, 9.17) is 9.15 Å². The number of aryl methyl sites for hydroxylation is 1. The molecule has 24 heavy (non-hydrogen) atoms. The van der Waals surface area contributed by atoms with Crippen LogP contribution in [-0.4, -0.2) is 4.98 Å². The molecule has 3 rings (SSSR count). The molecule has 1 atom stereocenters. The van der Waals surface area contributed by atoms with Crippen LogP contribution in [0.2, 0.25) is 0 Å². The minimum absolute atomic E-state index is 0.164. The van der Waals surface area contributed by atoms with Crippen LogP contribution in [0.25, 0.3) is 0 Å². The Morgan fingerprint density at radius 1 is 1.12 bits per heavy atom. The minimum atomic E-state index is 0.164. The second kappa shape index (κ2) is 7.79. The molecule has 3 aromatic rings. The molecule has 0 saturated carbocycles. The number of pyridine rings is 1. The fraction of sp³-hybridized carbons (Fsp3) is 0.250. The average molecular weight is 322 g/mol. The van der Waals surface area contributed by atoms with Gasteiger partial charge in [-0.25, -0.2) is 0 Å². The molecule has 4 nitrogen and oxygen atoms in total. The van der Waals surface area contributed by atoms with Crippen LogP contribution >= 0.6 is 0 Å². The zero-order valence-corrected chi connectivity index (χ0v) is 14.0. The normalized spacial score (nSPS) is 12.1. The fourth-order valence-electron chi connectivity index (χ4n) is 2.44. The lowest BCUT2D eigenvalue weighted by molar-refractivity contribution is 0.301. The molecule has 124 valence electrons. The maximum atomic E-state index is 5.82. The predicted octanol–water partition coefficient (Wildman–Crippen LogP) is 4.41. The van der Waals surface area contributed by atoms with Crippen LogP contribution in [0.3, 0.4) is 0 Å². The number of benzene rings is 1. The van der Waals surface area contributed by atoms with Crippen molar-refractivity contribution in [3.8, 4) is 5.75 Å². The number of aromatic nitrogens is 1. The van der Waals surface area contributed by atoms with Gasteiger partial charge in [0.15, 0.2) is 0 Å². The van der Waals surface area contributed by atoms with Crippen molar-refractivity contribution >= 4 is 0 Å². The number of furan rings is 1. The number of rotatable bonds is 7. The molecule has 0 bridgehead atoms. The summed E-state index contributed by atoms with van der Waals surface area (Å²) in [4.78, 5) is 4.26. The van der Waals surface area contributed by atoms with Gasteiger partial charge in [0.1, 0.15) is 23.9 Å². The third-order valence-corrected chi connectivity index (χ3v) is 3.81. The summed E-state index contributed by atoms with van der Waals surface area (Å²) in [5.74, 6) is 2.74. The van der Waals surface area contributed by atoms with Crippen molar-refractivity contribution in [2.45, 2.75) is 33.0 Å². The smallest absolute Gasteiger partial charge is 0.130 e. The van der Waals surface area contributed by atoms with E-state index in [0.29, 0.717) is 6.61 Å². The van der Waals surface area contributed by atoms with E-state index >= 15 is 0 Å². The van der Waals surface area contributed by atoms with E-state index < -0.39 is 0 Å². The molecule has 1 unspecified atom stereocenters. The highest BCUT2D eigenvalue weighted by Crippen LogP contribution is 2.18. The summed E-state index contributed by atoms with van der Waals surface area (Å²) < 4.78 is 11.5. The lowest BCUT2D eigenvalue weighted by atomic mass is 10.2. The van der Waals surface area contributed by atoms with E-state index in [1.165, 1.54) is 5.56 Å². The SMILES string of the molecule is Cc1ccc(C(C)NCc2cccc(OCc3ccccn3)c2)o1. The molecule has 0 fully saturated rings. The van der Waals surface area contributed by atoms with Gasteiger partial charge in [-0.2, -0.15) is 0 Å². The number of nitrogens with zero attached hydrogens (tertiary/aromatic N) is 1. The minimum Gasteiger partial charge on any atom is -0.487 e. The Bertz CT molecular complexity index is 768. The van der Waals surface area contributed by atoms with Crippen LogP contribution in [0.5, 0.6) is 5.75 Å². The van der Waals surface area contributed by atoms with E-state index in [0.717, 1.165) is 29.5 Å². The molecule has 0 aliphatic heterocycles. The standard InChI is InChI=1S/C20H22N2O2/c1-15-9-10-20(24-15)16(2)22-13-17-6-5-8-19(12-17)23-14-18-7-3-4-11-21-18/h3-12,16,22H,13-14H2,1-2H3. The molecule has 4 heteroatoms. The Hall–Kier alpha value is -2.59. The topological polar surface area (TPSA) is 47.3 Å². The zero-order valence-electron chi connectivity index (χ0n) is 14.0. The lowest BCUT2D eigenvalue weighted by Gasteiger charge is -2.12. The van der Waals surface area contributed by atoms with Crippen molar-refractivity contribution in [3.05, 3.63) is 83.6 Å². The van der Waals surface area contributed by atoms with Gasteiger partial charge in [0, 0.05) is 12.7 Å². The highest BCUT2D eigenvalue weighted by molar-refractivity contribution is 5.28. The molecule has 2 heterocycles. The molecule has 0 aliphatic carbocycles. The van der Waals surface area contributed by atoms with Crippen LogP contribution in [0, 0.1) is 6.92 Å². The number of hydrogen-bond acceptors (Lipinski definition) is 4. The first-order valence-electron chi connectivity index (χ1n) is 8.12. The van der Waals surface area contributed by atoms with Crippen molar-refractivity contribution in [1.29, 1.82) is 0 Å². The van der Waals surface area contributed by atoms with Crippen molar-refractivity contribution in [3.63, 3.8) is 0 Å². The average Bonchev–Trinajstić information content (AvgIpc) is 3.06. The molecular weight excluding hydrogens is 300 g/mol. The summed E-state index contributed by atoms with van der Waals surface area (Å²) in [6.07, 6.45) is 1.77. The molecule has 0 aliphatic rings. The molecule has 0 amide bonds. The maximum Gasteiger partial charge on any atom is 0.130 e. The molecule has 0 spiro atoms. The van der Waals surface area contributed by atoms with E-state index in [2.05, 4.69) is 29.4 Å². The lowest BCUT2D eigenvalue weighted by Crippen LogP contribution is -2.17. The number of ether oxygens (including phenoxy) is 1. The quantitative estimate of drug-likeness (QED) is 0.700. The Kier molecular flexibility index (Phi) is 5.29. The van der Waals surface area contributed by atoms with Crippen LogP contribution in [-0.2, 0) is 13.2 Å². The summed E-state index contributed by atoms with van der Waals surface area (Å²) in [5.41, 5.74) is 2.09. The predicted molar refractivity (Wildman–Crippen MR) is 93.7 cm³/mol. The van der Waals surface area contributed by atoms with Crippen LogP contribution in [0.4, 0.5) is 0 Å². The summed E-state index contributed by atoms with van der Waals surface area (Å²) in [7, 11) is 0. The molecule has 0 saturated heterocycles. The monoisotopic (exact) mass is 322 g/mol. The second-order valence-electron chi connectivity index (χ2n) is 5.81. The Morgan fingerprint density at radius 2 is 2.04 bits per heavy atom. The van der Waals surface area contributed by atoms with Crippen molar-refractivity contribution in [1.82, 2.24) is 10.3 Å². The Labute approximate surface area is 142 Å². The number of nitrogens with one attached hydrogen (secondary N) is 1. The summed E-state index contributed by atoms with van der Waals surface area (Å²) in [5, 5.41) is 3.47. The third kappa shape index (κ3) is 4.46. The van der Waals surface area contributed by atoms with Gasteiger partial charge in [-0.3, -0.25) is 4.98 Å². The van der Waals surface area contributed by atoms with E-state index in [1.807, 2.05) is 49.4 Å². The maximum absolute atomic E-state index is 5.82. The third-order valence-electron chi connectivity index (χ3n) is 3.81. The molecular formula is C20H22N2O2. The van der Waals surface area contributed by atoms with Gasteiger partial charge in [-0.05, 0) is 55.8 Å². The molecule has 0 radical (unpaired) electrons. The summed E-state index contributed by atoms with van der Waals surface area (Å²) in [6, 6.07) is 18.1. The van der Waals surface area contributed by atoms with E-state index in [9.17, 15) is 0 Å². The first kappa shape index (κ1) is 16.3. The molecule has 1 aromatic carbocycles. The van der Waals surface area contributed by atoms with E-state index in [1.54, 1.807) is 6.20 Å². The van der Waals surface area contributed by atoms with Crippen molar-refractivity contribution in [2.24, 2.45) is 0 Å². The molecule has 2 aromatic heterocycles. The highest BCUT2D eigenvalue weighted by atomic mass is 16.5. The number of hydrogen-bond donors (Lipinski definition) is 1. The highest BCUT2D eigenvalue weighted by Gasteiger charge is 2.09. The first-order chi connectivity index (χ1) is 11.7. The molecule has 1 N–H and O–H groups in total. The van der Waals surface area contributed by atoms with Crippen LogP contribution in [0.1, 0.15) is 35.7 Å². The zero-order chi connectivity index (χ0) is 16.8. The Balaban J connectivity index is 1.55. The Morgan fingerprint density at radius 3 is 2.79 bits per heavy atom. The van der Waals surface area contributed by atoms with Gasteiger partial charge in [-0.15, -0.1) is 0 Å². The summed E-state index contributed by atoms with van der Waals surface area (Å²) >= 11 is 0. The van der Waals surface area contributed by atoms with Gasteiger partial charge < -0.3 is 14.5 Å². The van der Waals surface area contributed by atoms with E-state index in [-0.39, 0.29) is 6.04 Å². The van der Waals surface area contributed by atoms with Gasteiger partial charge in [-0.1, -0.05) is 18.2 Å². The van der Waals surface area contributed by atoms with Crippen LogP contribution < -0.4 is 10.1 Å². The van der Waals surface area contributed by atoms with Gasteiger partial charge in [0.05, 0.1) is 11.7 Å². The summed E-state index contributed by atoms with van der Waals surface area (Å²) in [6.45, 7) is 5.28. The largest absolute Gasteiger partial charge is 0.487 e. The van der Waals surface area contributed by atoms with Crippen molar-refractivity contribution in [2.75, 3.05) is 0 Å². The fourth-order valence-corrected chi connectivity index (χ4v) is 2.44. The van der Waals surface area contributed by atoms with Gasteiger partial charge in [0.2, 0.25) is 0 Å². The second-order valence-corrected chi connectivity index (χ2v) is 5.81. The van der Waals surface area contributed by atoms with Gasteiger partial charge in [0.25, 0.3) is 0 Å². The first-order valence-corrected chi connectivity index (χ1v) is 8.12. The van der Waals surface area contributed by atoms with Crippen molar-refractivity contribution < 1.29 is 9.15 Å².